The number of hydrogen-bond acceptors (Lipinski definition) is 4. The van der Waals surface area contributed by atoms with E-state index in [1.54, 1.807) is 11.9 Å². The van der Waals surface area contributed by atoms with Crippen LogP contribution in [-0.4, -0.2) is 42.9 Å². The molecule has 3 rings (SSSR count). The van der Waals surface area contributed by atoms with Crippen molar-refractivity contribution in [1.82, 2.24) is 4.90 Å². The van der Waals surface area contributed by atoms with E-state index < -0.39 is 0 Å². The van der Waals surface area contributed by atoms with E-state index in [1.165, 1.54) is 5.56 Å². The summed E-state index contributed by atoms with van der Waals surface area (Å²) in [6.45, 7) is 5.06. The number of amides is 2. The van der Waals surface area contributed by atoms with Gasteiger partial charge < -0.3 is 19.8 Å². The van der Waals surface area contributed by atoms with E-state index in [9.17, 15) is 4.79 Å². The minimum Gasteiger partial charge on any atom is -0.494 e. The molecule has 1 unspecified atom stereocenters. The van der Waals surface area contributed by atoms with Gasteiger partial charge >= 0.3 is 6.03 Å². The maximum atomic E-state index is 12.4. The standard InChI is InChI=1S/C21H25N3O3/c1-4-26-18-11-9-17(10-12-18)22-21(25)24(3)14-19-13-20(23-27-19)16-7-5-15(2)6-8-16/h5-12,19H,4,13-14H2,1-3H3,(H,22,25). The number of aryl methyl sites for hydroxylation is 1. The zero-order valence-electron chi connectivity index (χ0n) is 15.9. The highest BCUT2D eigenvalue weighted by molar-refractivity contribution is 6.01. The summed E-state index contributed by atoms with van der Waals surface area (Å²) in [7, 11) is 1.75. The van der Waals surface area contributed by atoms with Crippen molar-refractivity contribution in [3.8, 4) is 5.75 Å². The number of carbonyl (C=O) groups is 1. The number of likely N-dealkylation sites (N-methyl/N-ethyl adjacent to an activating group) is 1. The molecule has 0 fully saturated rings. The predicted octanol–water partition coefficient (Wildman–Crippen LogP) is 4.05. The summed E-state index contributed by atoms with van der Waals surface area (Å²) < 4.78 is 5.40. The van der Waals surface area contributed by atoms with Gasteiger partial charge in [-0.1, -0.05) is 35.0 Å². The summed E-state index contributed by atoms with van der Waals surface area (Å²) in [4.78, 5) is 19.5. The lowest BCUT2D eigenvalue weighted by molar-refractivity contribution is 0.0672. The monoisotopic (exact) mass is 367 g/mol. The van der Waals surface area contributed by atoms with Gasteiger partial charge in [-0.2, -0.15) is 0 Å². The molecular weight excluding hydrogens is 342 g/mol. The molecule has 1 aliphatic heterocycles. The maximum Gasteiger partial charge on any atom is 0.321 e. The van der Waals surface area contributed by atoms with Crippen LogP contribution in [0.25, 0.3) is 0 Å². The molecule has 0 radical (unpaired) electrons. The van der Waals surface area contributed by atoms with E-state index in [0.29, 0.717) is 19.6 Å². The average Bonchev–Trinajstić information content (AvgIpc) is 3.12. The predicted molar refractivity (Wildman–Crippen MR) is 106 cm³/mol. The van der Waals surface area contributed by atoms with Crippen molar-refractivity contribution in [3.05, 3.63) is 59.7 Å². The molecule has 2 aromatic rings. The van der Waals surface area contributed by atoms with Gasteiger partial charge in [-0.05, 0) is 43.7 Å². The second-order valence-electron chi connectivity index (χ2n) is 6.60. The molecule has 1 heterocycles. The van der Waals surface area contributed by atoms with Gasteiger partial charge in [0.25, 0.3) is 0 Å². The second kappa shape index (κ2) is 8.58. The van der Waals surface area contributed by atoms with Crippen LogP contribution >= 0.6 is 0 Å². The Kier molecular flexibility index (Phi) is 5.96. The molecule has 27 heavy (non-hydrogen) atoms. The Bertz CT molecular complexity index is 800. The summed E-state index contributed by atoms with van der Waals surface area (Å²) >= 11 is 0. The molecule has 0 aromatic heterocycles. The van der Waals surface area contributed by atoms with E-state index in [0.717, 1.165) is 22.7 Å². The molecule has 0 bridgehead atoms. The molecule has 0 spiro atoms. The summed E-state index contributed by atoms with van der Waals surface area (Å²) in [5.41, 5.74) is 3.91. The number of nitrogens with one attached hydrogen (secondary N) is 1. The van der Waals surface area contributed by atoms with Crippen LogP contribution in [0.2, 0.25) is 0 Å². The number of benzene rings is 2. The van der Waals surface area contributed by atoms with Gasteiger partial charge in [0.05, 0.1) is 18.9 Å². The van der Waals surface area contributed by atoms with Crippen LogP contribution in [0.1, 0.15) is 24.5 Å². The van der Waals surface area contributed by atoms with Crippen LogP contribution in [0.5, 0.6) is 5.75 Å². The number of oxime groups is 1. The maximum absolute atomic E-state index is 12.4. The highest BCUT2D eigenvalue weighted by atomic mass is 16.6. The number of carbonyl (C=O) groups excluding carboxylic acids is 1. The van der Waals surface area contributed by atoms with Gasteiger partial charge in [0.2, 0.25) is 0 Å². The fourth-order valence-corrected chi connectivity index (χ4v) is 2.85. The normalized spacial score (nSPS) is 15.7. The molecule has 0 saturated heterocycles. The lowest BCUT2D eigenvalue weighted by atomic mass is 10.0. The zero-order chi connectivity index (χ0) is 19.2. The Hall–Kier alpha value is -3.02. The molecule has 1 aliphatic rings. The molecule has 142 valence electrons. The number of nitrogens with zero attached hydrogens (tertiary/aromatic N) is 2. The van der Waals surface area contributed by atoms with Crippen LogP contribution in [0.4, 0.5) is 10.5 Å². The Morgan fingerprint density at radius 1 is 1.22 bits per heavy atom. The highest BCUT2D eigenvalue weighted by Gasteiger charge is 2.25. The van der Waals surface area contributed by atoms with E-state index in [-0.39, 0.29) is 12.1 Å². The summed E-state index contributed by atoms with van der Waals surface area (Å²) in [5, 5.41) is 7.06. The molecule has 2 amide bonds. The van der Waals surface area contributed by atoms with Crippen LogP contribution in [0.3, 0.4) is 0 Å². The summed E-state index contributed by atoms with van der Waals surface area (Å²) in [6.07, 6.45) is 0.543. The minimum atomic E-state index is -0.188. The van der Waals surface area contributed by atoms with E-state index in [4.69, 9.17) is 9.57 Å². The Morgan fingerprint density at radius 2 is 1.93 bits per heavy atom. The van der Waals surface area contributed by atoms with Crippen molar-refractivity contribution >= 4 is 17.4 Å². The quantitative estimate of drug-likeness (QED) is 0.838. The van der Waals surface area contributed by atoms with Gasteiger partial charge in [-0.15, -0.1) is 0 Å². The van der Waals surface area contributed by atoms with Crippen LogP contribution in [0.15, 0.2) is 53.7 Å². The Balaban J connectivity index is 1.49. The van der Waals surface area contributed by atoms with Gasteiger partial charge in [0.1, 0.15) is 5.75 Å². The first kappa shape index (κ1) is 18.8. The minimum absolute atomic E-state index is 0.141. The second-order valence-corrected chi connectivity index (χ2v) is 6.60. The lowest BCUT2D eigenvalue weighted by Gasteiger charge is -2.20. The molecule has 0 aliphatic carbocycles. The van der Waals surface area contributed by atoms with Gasteiger partial charge in [0.15, 0.2) is 6.10 Å². The fourth-order valence-electron chi connectivity index (χ4n) is 2.85. The average molecular weight is 367 g/mol. The molecule has 6 nitrogen and oxygen atoms in total. The molecule has 2 aromatic carbocycles. The first-order valence-electron chi connectivity index (χ1n) is 9.10. The first-order valence-corrected chi connectivity index (χ1v) is 9.10. The highest BCUT2D eigenvalue weighted by Crippen LogP contribution is 2.19. The molecule has 1 atom stereocenters. The number of urea groups is 1. The van der Waals surface area contributed by atoms with Crippen LogP contribution < -0.4 is 10.1 Å². The summed E-state index contributed by atoms with van der Waals surface area (Å²) in [6, 6.07) is 15.3. The zero-order valence-corrected chi connectivity index (χ0v) is 15.9. The van der Waals surface area contributed by atoms with E-state index >= 15 is 0 Å². The summed E-state index contributed by atoms with van der Waals surface area (Å²) in [5.74, 6) is 0.781. The third kappa shape index (κ3) is 5.00. The van der Waals surface area contributed by atoms with Crippen LogP contribution in [0, 0.1) is 6.92 Å². The number of anilines is 1. The number of ether oxygens (including phenoxy) is 1. The largest absolute Gasteiger partial charge is 0.494 e. The fraction of sp³-hybridized carbons (Fsp3) is 0.333. The SMILES string of the molecule is CCOc1ccc(NC(=O)N(C)CC2CC(c3ccc(C)cc3)=NO2)cc1. The third-order valence-corrected chi connectivity index (χ3v) is 4.36. The third-order valence-electron chi connectivity index (χ3n) is 4.36. The Morgan fingerprint density at radius 3 is 2.59 bits per heavy atom. The van der Waals surface area contributed by atoms with Gasteiger partial charge in [-0.3, -0.25) is 0 Å². The van der Waals surface area contributed by atoms with Crippen molar-refractivity contribution in [1.29, 1.82) is 0 Å². The number of rotatable bonds is 6. The van der Waals surface area contributed by atoms with Crippen molar-refractivity contribution < 1.29 is 14.4 Å². The molecule has 0 saturated carbocycles. The van der Waals surface area contributed by atoms with Crippen molar-refractivity contribution in [3.63, 3.8) is 0 Å². The smallest absolute Gasteiger partial charge is 0.321 e. The molecular formula is C21H25N3O3. The van der Waals surface area contributed by atoms with Crippen molar-refractivity contribution in [2.45, 2.75) is 26.4 Å². The Labute approximate surface area is 159 Å². The van der Waals surface area contributed by atoms with E-state index in [2.05, 4.69) is 29.5 Å². The topological polar surface area (TPSA) is 63.2 Å². The molecule has 1 N–H and O–H groups in total. The van der Waals surface area contributed by atoms with Gasteiger partial charge in [0, 0.05) is 19.2 Å². The van der Waals surface area contributed by atoms with Gasteiger partial charge in [-0.25, -0.2) is 4.79 Å². The number of hydrogen-bond donors (Lipinski definition) is 1. The molecule has 6 heteroatoms. The van der Waals surface area contributed by atoms with Crippen molar-refractivity contribution in [2.75, 3.05) is 25.5 Å². The van der Waals surface area contributed by atoms with E-state index in [1.807, 2.05) is 43.3 Å². The van der Waals surface area contributed by atoms with Crippen molar-refractivity contribution in [2.24, 2.45) is 5.16 Å². The van der Waals surface area contributed by atoms with Crippen LogP contribution in [-0.2, 0) is 4.84 Å². The lowest BCUT2D eigenvalue weighted by Crippen LogP contribution is -2.37. The first-order chi connectivity index (χ1) is 13.0.